The number of amides is 1. The van der Waals surface area contributed by atoms with Crippen molar-refractivity contribution in [1.29, 1.82) is 0 Å². The van der Waals surface area contributed by atoms with Gasteiger partial charge in [0.1, 0.15) is 12.7 Å². The Morgan fingerprint density at radius 2 is 2.04 bits per heavy atom. The van der Waals surface area contributed by atoms with Gasteiger partial charge in [0, 0.05) is 12.1 Å². The fraction of sp³-hybridized carbons (Fsp3) is 0.438. The van der Waals surface area contributed by atoms with E-state index in [2.05, 4.69) is 15.4 Å². The number of carbonyl (C=O) groups is 1. The highest BCUT2D eigenvalue weighted by atomic mass is 35.5. The van der Waals surface area contributed by atoms with E-state index in [9.17, 15) is 4.79 Å². The average Bonchev–Trinajstić information content (AvgIpc) is 3.06. The van der Waals surface area contributed by atoms with E-state index in [1.807, 2.05) is 32.9 Å². The number of aromatic nitrogens is 3. The summed E-state index contributed by atoms with van der Waals surface area (Å²) in [5.41, 5.74) is 8.00. The summed E-state index contributed by atoms with van der Waals surface area (Å²) in [5, 5.41) is 7.19. The lowest BCUT2D eigenvalue weighted by Crippen LogP contribution is -2.52. The second kappa shape index (κ2) is 8.08. The highest BCUT2D eigenvalue weighted by Gasteiger charge is 2.26. The predicted molar refractivity (Wildman–Crippen MR) is 93.2 cm³/mol. The van der Waals surface area contributed by atoms with Crippen LogP contribution in [0.15, 0.2) is 30.9 Å². The number of rotatable bonds is 6. The van der Waals surface area contributed by atoms with Crippen molar-refractivity contribution in [2.24, 2.45) is 5.73 Å². The summed E-state index contributed by atoms with van der Waals surface area (Å²) in [6, 6.07) is 5.53. The fourth-order valence-corrected chi connectivity index (χ4v) is 2.47. The quantitative estimate of drug-likeness (QED) is 0.846. The first-order chi connectivity index (χ1) is 10.5. The number of hydrogen-bond acceptors (Lipinski definition) is 4. The molecule has 2 rings (SSSR count). The van der Waals surface area contributed by atoms with Crippen LogP contribution in [0.3, 0.4) is 0 Å². The lowest BCUT2D eigenvalue weighted by Gasteiger charge is -2.31. The number of aryl methyl sites for hydroxylation is 1. The minimum Gasteiger partial charge on any atom is -0.345 e. The predicted octanol–water partition coefficient (Wildman–Crippen LogP) is 2.24. The molecule has 1 heterocycles. The van der Waals surface area contributed by atoms with Crippen molar-refractivity contribution in [3.05, 3.63) is 42.0 Å². The van der Waals surface area contributed by atoms with Crippen molar-refractivity contribution in [3.63, 3.8) is 0 Å². The Hall–Kier alpha value is -1.92. The summed E-state index contributed by atoms with van der Waals surface area (Å²) in [4.78, 5) is 16.4. The molecule has 0 aliphatic carbocycles. The maximum Gasteiger partial charge on any atom is 0.251 e. The summed E-state index contributed by atoms with van der Waals surface area (Å²) >= 11 is 0. The SMILES string of the molecule is CCC(CC)(CN)NC(=O)c1ccc(-n2cncn2)c(C)c1.Cl. The second-order valence-electron chi connectivity index (χ2n) is 5.49. The van der Waals surface area contributed by atoms with Crippen LogP contribution in [0.5, 0.6) is 0 Å². The number of hydrogen-bond donors (Lipinski definition) is 2. The van der Waals surface area contributed by atoms with Gasteiger partial charge in [-0.1, -0.05) is 13.8 Å². The van der Waals surface area contributed by atoms with Crippen molar-refractivity contribution < 1.29 is 4.79 Å². The highest BCUT2D eigenvalue weighted by molar-refractivity contribution is 5.95. The molecular formula is C16H24ClN5O. The van der Waals surface area contributed by atoms with Crippen LogP contribution < -0.4 is 11.1 Å². The Labute approximate surface area is 142 Å². The van der Waals surface area contributed by atoms with Gasteiger partial charge in [0.05, 0.1) is 11.2 Å². The van der Waals surface area contributed by atoms with E-state index >= 15 is 0 Å². The molecule has 1 aromatic carbocycles. The molecule has 0 aliphatic rings. The topological polar surface area (TPSA) is 85.8 Å². The smallest absolute Gasteiger partial charge is 0.251 e. The van der Waals surface area contributed by atoms with Crippen LogP contribution in [0.1, 0.15) is 42.6 Å². The number of nitrogens with zero attached hydrogens (tertiary/aromatic N) is 3. The molecule has 6 nitrogen and oxygen atoms in total. The molecule has 0 saturated heterocycles. The minimum atomic E-state index is -0.338. The van der Waals surface area contributed by atoms with Crippen LogP contribution in [-0.2, 0) is 0 Å². The molecule has 2 aromatic rings. The molecule has 0 atom stereocenters. The van der Waals surface area contributed by atoms with E-state index in [1.165, 1.54) is 6.33 Å². The Kier molecular flexibility index (Phi) is 6.72. The Morgan fingerprint density at radius 3 is 2.52 bits per heavy atom. The molecule has 0 spiro atoms. The number of nitrogens with one attached hydrogen (secondary N) is 1. The van der Waals surface area contributed by atoms with Gasteiger partial charge in [-0.15, -0.1) is 12.4 Å². The van der Waals surface area contributed by atoms with Crippen molar-refractivity contribution in [3.8, 4) is 5.69 Å². The summed E-state index contributed by atoms with van der Waals surface area (Å²) in [6.07, 6.45) is 4.73. The fourth-order valence-electron chi connectivity index (χ4n) is 2.47. The summed E-state index contributed by atoms with van der Waals surface area (Å²) in [7, 11) is 0. The molecule has 23 heavy (non-hydrogen) atoms. The van der Waals surface area contributed by atoms with Crippen LogP contribution in [-0.4, -0.2) is 32.8 Å². The van der Waals surface area contributed by atoms with Gasteiger partial charge in [0.15, 0.2) is 0 Å². The van der Waals surface area contributed by atoms with Crippen LogP contribution in [0, 0.1) is 6.92 Å². The summed E-state index contributed by atoms with van der Waals surface area (Å²) in [5.74, 6) is -0.0950. The molecule has 0 bridgehead atoms. The molecule has 0 unspecified atom stereocenters. The third kappa shape index (κ3) is 4.09. The largest absolute Gasteiger partial charge is 0.345 e. The second-order valence-corrected chi connectivity index (χ2v) is 5.49. The molecule has 0 fully saturated rings. The zero-order valence-corrected chi connectivity index (χ0v) is 14.6. The van der Waals surface area contributed by atoms with E-state index in [1.54, 1.807) is 17.1 Å². The van der Waals surface area contributed by atoms with Gasteiger partial charge < -0.3 is 11.1 Å². The van der Waals surface area contributed by atoms with E-state index in [0.717, 1.165) is 24.1 Å². The highest BCUT2D eigenvalue weighted by Crippen LogP contribution is 2.17. The molecule has 0 saturated carbocycles. The number of carbonyl (C=O) groups excluding carboxylic acids is 1. The van der Waals surface area contributed by atoms with Crippen LogP contribution >= 0.6 is 12.4 Å². The summed E-state index contributed by atoms with van der Waals surface area (Å²) in [6.45, 7) is 6.46. The van der Waals surface area contributed by atoms with Crippen LogP contribution in [0.4, 0.5) is 0 Å². The van der Waals surface area contributed by atoms with Gasteiger partial charge in [-0.2, -0.15) is 5.10 Å². The molecule has 126 valence electrons. The lowest BCUT2D eigenvalue weighted by molar-refractivity contribution is 0.0895. The number of nitrogens with two attached hydrogens (primary N) is 1. The standard InChI is InChI=1S/C16H23N5O.ClH/c1-4-16(5-2,9-17)20-15(22)13-6-7-14(12(3)8-13)21-11-18-10-19-21;/h6-8,10-11H,4-5,9,17H2,1-3H3,(H,20,22);1H. The van der Waals surface area contributed by atoms with Gasteiger partial charge in [-0.3, -0.25) is 4.79 Å². The average molecular weight is 338 g/mol. The van der Waals surface area contributed by atoms with E-state index < -0.39 is 0 Å². The van der Waals surface area contributed by atoms with Crippen LogP contribution in [0.2, 0.25) is 0 Å². The first-order valence-corrected chi connectivity index (χ1v) is 7.53. The van der Waals surface area contributed by atoms with Gasteiger partial charge >= 0.3 is 0 Å². The molecule has 1 amide bonds. The number of benzene rings is 1. The third-order valence-corrected chi connectivity index (χ3v) is 4.25. The van der Waals surface area contributed by atoms with E-state index in [-0.39, 0.29) is 23.9 Å². The molecule has 7 heteroatoms. The van der Waals surface area contributed by atoms with E-state index in [4.69, 9.17) is 5.73 Å². The first-order valence-electron chi connectivity index (χ1n) is 7.53. The Balaban J connectivity index is 0.00000264. The van der Waals surface area contributed by atoms with Gasteiger partial charge in [-0.05, 0) is 43.5 Å². The minimum absolute atomic E-state index is 0. The van der Waals surface area contributed by atoms with E-state index in [0.29, 0.717) is 12.1 Å². The Morgan fingerprint density at radius 1 is 1.35 bits per heavy atom. The van der Waals surface area contributed by atoms with Crippen molar-refractivity contribution in [1.82, 2.24) is 20.1 Å². The first kappa shape index (κ1) is 19.1. The van der Waals surface area contributed by atoms with Crippen molar-refractivity contribution >= 4 is 18.3 Å². The van der Waals surface area contributed by atoms with Crippen molar-refractivity contribution in [2.75, 3.05) is 6.54 Å². The monoisotopic (exact) mass is 337 g/mol. The molecule has 3 N–H and O–H groups in total. The van der Waals surface area contributed by atoms with Crippen LogP contribution in [0.25, 0.3) is 5.69 Å². The van der Waals surface area contributed by atoms with Gasteiger partial charge in [-0.25, -0.2) is 9.67 Å². The maximum absolute atomic E-state index is 12.5. The number of halogens is 1. The summed E-state index contributed by atoms with van der Waals surface area (Å²) < 4.78 is 1.68. The maximum atomic E-state index is 12.5. The normalized spacial score (nSPS) is 11.0. The lowest BCUT2D eigenvalue weighted by atomic mass is 9.92. The third-order valence-electron chi connectivity index (χ3n) is 4.25. The van der Waals surface area contributed by atoms with Gasteiger partial charge in [0.2, 0.25) is 0 Å². The molecule has 1 aromatic heterocycles. The Bertz CT molecular complexity index is 630. The molecule has 0 aliphatic heterocycles. The zero-order valence-electron chi connectivity index (χ0n) is 13.7. The van der Waals surface area contributed by atoms with Crippen molar-refractivity contribution in [2.45, 2.75) is 39.2 Å². The zero-order chi connectivity index (χ0) is 16.2. The van der Waals surface area contributed by atoms with Gasteiger partial charge in [0.25, 0.3) is 5.91 Å². The molecular weight excluding hydrogens is 314 g/mol. The molecule has 0 radical (unpaired) electrons.